The van der Waals surface area contributed by atoms with Gasteiger partial charge in [-0.1, -0.05) is 68.4 Å². The van der Waals surface area contributed by atoms with Gasteiger partial charge in [-0.15, -0.1) is 0 Å². The maximum Gasteiger partial charge on any atom is 0.234 e. The number of benzene rings is 2. The third-order valence-electron chi connectivity index (χ3n) is 4.36. The molecule has 0 amide bonds. The third-order valence-corrected chi connectivity index (χ3v) is 5.47. The summed E-state index contributed by atoms with van der Waals surface area (Å²) >= 11 is 0. The summed E-state index contributed by atoms with van der Waals surface area (Å²) in [7, 11) is -3.48. The van der Waals surface area contributed by atoms with Gasteiger partial charge < -0.3 is 4.74 Å². The molecule has 0 spiro atoms. The Morgan fingerprint density at radius 3 is 2.36 bits per heavy atom. The summed E-state index contributed by atoms with van der Waals surface area (Å²) in [5, 5.41) is 0. The third kappa shape index (κ3) is 3.87. The number of rotatable bonds is 4. The fourth-order valence-corrected chi connectivity index (χ4v) is 3.81. The molecule has 0 fully saturated rings. The summed E-state index contributed by atoms with van der Waals surface area (Å²) in [5.74, 6) is 0.365. The zero-order chi connectivity index (χ0) is 18.1. The van der Waals surface area contributed by atoms with Crippen LogP contribution in [0.3, 0.4) is 0 Å². The monoisotopic (exact) mass is 357 g/mol. The van der Waals surface area contributed by atoms with E-state index in [1.165, 1.54) is 10.6 Å². The highest BCUT2D eigenvalue weighted by Gasteiger charge is 2.30. The van der Waals surface area contributed by atoms with Crippen LogP contribution in [0.2, 0.25) is 0 Å². The predicted octanol–water partition coefficient (Wildman–Crippen LogP) is 3.75. The molecule has 0 aliphatic carbocycles. The van der Waals surface area contributed by atoms with Crippen LogP contribution in [0.1, 0.15) is 30.5 Å². The summed E-state index contributed by atoms with van der Waals surface area (Å²) in [5.41, 5.74) is 2.85. The van der Waals surface area contributed by atoms with Gasteiger partial charge >= 0.3 is 0 Å². The molecule has 0 unspecified atom stereocenters. The van der Waals surface area contributed by atoms with Crippen molar-refractivity contribution in [2.75, 3.05) is 12.9 Å². The van der Waals surface area contributed by atoms with Crippen LogP contribution >= 0.6 is 0 Å². The van der Waals surface area contributed by atoms with Gasteiger partial charge in [0.1, 0.15) is 0 Å². The van der Waals surface area contributed by atoms with E-state index in [2.05, 4.69) is 19.9 Å². The van der Waals surface area contributed by atoms with Crippen LogP contribution < -0.4 is 0 Å². The Hall–Kier alpha value is -2.27. The molecule has 0 saturated heterocycles. The molecular weight excluding hydrogens is 334 g/mol. The Balaban J connectivity index is 2.04. The van der Waals surface area contributed by atoms with Crippen molar-refractivity contribution in [3.63, 3.8) is 0 Å². The predicted molar refractivity (Wildman–Crippen MR) is 100 cm³/mol. The van der Waals surface area contributed by atoms with Gasteiger partial charge in [0.15, 0.2) is 0 Å². The molecular formula is C20H23NO3S. The van der Waals surface area contributed by atoms with Crippen molar-refractivity contribution in [1.82, 2.24) is 4.31 Å². The van der Waals surface area contributed by atoms with Crippen molar-refractivity contribution in [1.29, 1.82) is 0 Å². The molecule has 0 atom stereocenters. The van der Waals surface area contributed by atoms with E-state index < -0.39 is 10.0 Å². The molecule has 1 aliphatic rings. The molecule has 0 saturated carbocycles. The number of hydrogen-bond donors (Lipinski definition) is 0. The zero-order valence-corrected chi connectivity index (χ0v) is 15.6. The van der Waals surface area contributed by atoms with E-state index in [0.29, 0.717) is 12.5 Å². The van der Waals surface area contributed by atoms with Crippen LogP contribution in [0, 0.1) is 0 Å². The summed E-state index contributed by atoms with van der Waals surface area (Å²) in [6.07, 6.45) is 3.04. The normalized spacial score (nSPS) is 16.2. The minimum atomic E-state index is -3.48. The van der Waals surface area contributed by atoms with Gasteiger partial charge in [-0.05, 0) is 16.7 Å². The van der Waals surface area contributed by atoms with Crippen LogP contribution in [0.15, 0.2) is 60.5 Å². The Morgan fingerprint density at radius 1 is 1.04 bits per heavy atom. The topological polar surface area (TPSA) is 46.6 Å². The van der Waals surface area contributed by atoms with Crippen molar-refractivity contribution in [3.8, 4) is 0 Å². The van der Waals surface area contributed by atoms with Crippen LogP contribution in [-0.4, -0.2) is 25.6 Å². The maximum absolute atomic E-state index is 12.4. The molecule has 0 aromatic heterocycles. The van der Waals surface area contributed by atoms with Crippen LogP contribution in [0.4, 0.5) is 0 Å². The van der Waals surface area contributed by atoms with Crippen molar-refractivity contribution in [3.05, 3.63) is 77.2 Å². The van der Waals surface area contributed by atoms with E-state index in [-0.39, 0.29) is 12.0 Å². The molecule has 0 N–H and O–H groups in total. The number of sulfonamides is 1. The first-order valence-electron chi connectivity index (χ1n) is 8.23. The highest BCUT2D eigenvalue weighted by molar-refractivity contribution is 7.88. The summed E-state index contributed by atoms with van der Waals surface area (Å²) in [4.78, 5) is 0. The highest BCUT2D eigenvalue weighted by atomic mass is 32.2. The fraction of sp³-hybridized carbons (Fsp3) is 0.300. The first kappa shape index (κ1) is 17.5. The van der Waals surface area contributed by atoms with Gasteiger partial charge in [0, 0.05) is 11.5 Å². The lowest BCUT2D eigenvalue weighted by Gasteiger charge is -2.28. The second kappa shape index (κ2) is 6.56. The minimum absolute atomic E-state index is 0.204. The molecule has 0 bridgehead atoms. The molecule has 1 heterocycles. The van der Waals surface area contributed by atoms with Crippen molar-refractivity contribution < 1.29 is 13.2 Å². The number of fused-ring (bicyclic) bond motifs is 1. The molecule has 1 aliphatic heterocycles. The summed E-state index contributed by atoms with van der Waals surface area (Å²) in [6, 6.07) is 17.5. The van der Waals surface area contributed by atoms with Crippen LogP contribution in [0.25, 0.3) is 6.08 Å². The molecule has 25 heavy (non-hydrogen) atoms. The first-order valence-corrected chi connectivity index (χ1v) is 10.1. The van der Waals surface area contributed by atoms with Crippen LogP contribution in [0.5, 0.6) is 0 Å². The molecule has 4 nitrogen and oxygen atoms in total. The smallest absolute Gasteiger partial charge is 0.234 e. The van der Waals surface area contributed by atoms with E-state index in [1.807, 2.05) is 54.6 Å². The Morgan fingerprint density at radius 2 is 1.68 bits per heavy atom. The second-order valence-electron chi connectivity index (χ2n) is 7.00. The fourth-order valence-electron chi connectivity index (χ4n) is 3.00. The van der Waals surface area contributed by atoms with E-state index in [0.717, 1.165) is 16.7 Å². The van der Waals surface area contributed by atoms with Gasteiger partial charge in [-0.25, -0.2) is 12.7 Å². The lowest BCUT2D eigenvalue weighted by atomic mass is 9.83. The van der Waals surface area contributed by atoms with Gasteiger partial charge in [0.2, 0.25) is 15.9 Å². The number of hydrogen-bond acceptors (Lipinski definition) is 3. The van der Waals surface area contributed by atoms with E-state index >= 15 is 0 Å². The van der Waals surface area contributed by atoms with Gasteiger partial charge in [-0.2, -0.15) is 0 Å². The SMILES string of the molecule is CC1(C)COC(N(Cc2ccccc2)S(C)(=O)=O)=Cc2ccccc21. The van der Waals surface area contributed by atoms with Gasteiger partial charge in [-0.3, -0.25) is 0 Å². The minimum Gasteiger partial charge on any atom is -0.477 e. The number of nitrogens with zero attached hydrogens (tertiary/aromatic N) is 1. The van der Waals surface area contributed by atoms with Gasteiger partial charge in [0.05, 0.1) is 19.4 Å². The second-order valence-corrected chi connectivity index (χ2v) is 8.90. The molecule has 0 radical (unpaired) electrons. The molecule has 3 rings (SSSR count). The van der Waals surface area contributed by atoms with Crippen LogP contribution in [-0.2, 0) is 26.7 Å². The molecule has 2 aromatic carbocycles. The van der Waals surface area contributed by atoms with Gasteiger partial charge in [0.25, 0.3) is 0 Å². The lowest BCUT2D eigenvalue weighted by molar-refractivity contribution is 0.119. The summed E-state index contributed by atoms with van der Waals surface area (Å²) < 4.78 is 32.2. The molecule has 5 heteroatoms. The van der Waals surface area contributed by atoms with E-state index in [4.69, 9.17) is 4.74 Å². The quantitative estimate of drug-likeness (QED) is 0.837. The number of ether oxygens (including phenoxy) is 1. The van der Waals surface area contributed by atoms with Crippen molar-refractivity contribution in [2.24, 2.45) is 0 Å². The maximum atomic E-state index is 12.4. The Kier molecular flexibility index (Phi) is 4.60. The van der Waals surface area contributed by atoms with Crippen molar-refractivity contribution in [2.45, 2.75) is 25.8 Å². The summed E-state index contributed by atoms with van der Waals surface area (Å²) in [6.45, 7) is 4.86. The van der Waals surface area contributed by atoms with E-state index in [9.17, 15) is 8.42 Å². The van der Waals surface area contributed by atoms with Crippen molar-refractivity contribution >= 4 is 16.1 Å². The highest BCUT2D eigenvalue weighted by Crippen LogP contribution is 2.33. The molecule has 2 aromatic rings. The first-order chi connectivity index (χ1) is 11.8. The average molecular weight is 357 g/mol. The average Bonchev–Trinajstić information content (AvgIpc) is 2.69. The van der Waals surface area contributed by atoms with E-state index in [1.54, 1.807) is 0 Å². The molecule has 132 valence electrons. The lowest BCUT2D eigenvalue weighted by Crippen LogP contribution is -2.31. The standard InChI is InChI=1S/C20H23NO3S/c1-20(2)15-24-19(13-17-11-7-8-12-18(17)20)21(25(3,22)23)14-16-9-5-4-6-10-16/h4-13H,14-15H2,1-3H3. The zero-order valence-electron chi connectivity index (χ0n) is 14.8. The Bertz CT molecular complexity index is 886. The largest absolute Gasteiger partial charge is 0.477 e. The Labute approximate surface area is 149 Å².